The fourth-order valence-corrected chi connectivity index (χ4v) is 3.83. The molecule has 3 aliphatic rings. The van der Waals surface area contributed by atoms with Crippen LogP contribution in [0.2, 0.25) is 0 Å². The van der Waals surface area contributed by atoms with Gasteiger partial charge in [-0.2, -0.15) is 0 Å². The maximum Gasteiger partial charge on any atom is 0.186 e. The zero-order valence-electron chi connectivity index (χ0n) is 17.4. The lowest BCUT2D eigenvalue weighted by Gasteiger charge is -2.43. The van der Waals surface area contributed by atoms with E-state index in [9.17, 15) is 51.1 Å². The number of hydrogen-bond donors (Lipinski definition) is 10. The molecule has 33 heavy (non-hydrogen) atoms. The average Bonchev–Trinajstić information content (AvgIpc) is 2.79. The Balaban J connectivity index is 1.55. The van der Waals surface area contributed by atoms with Crippen molar-refractivity contribution >= 4 is 0 Å². The highest BCUT2D eigenvalue weighted by Gasteiger charge is 2.48. The van der Waals surface area contributed by atoms with Gasteiger partial charge in [0.05, 0.1) is 32.0 Å². The third-order valence-corrected chi connectivity index (χ3v) is 5.91. The topological polar surface area (TPSA) is 248 Å². The standard InChI is InChI=1S/C18H32O15/c19-2-7-10(22)12(24)14(26)18(32-7)30-4-8-11(23)13(25)15(27)17(33-8)29-3-5-1-6(20)9(21)16(28)31-5/h5-28H,1-4H2/t5-,6-,7+,8+,9+,10+,11-,12-,13-,14+,15+,16+,17+,18+/m0/s1. The molecule has 0 spiro atoms. The summed E-state index contributed by atoms with van der Waals surface area (Å²) in [7, 11) is 0. The van der Waals surface area contributed by atoms with Crippen LogP contribution in [0.4, 0.5) is 0 Å². The van der Waals surface area contributed by atoms with Gasteiger partial charge in [0.15, 0.2) is 18.9 Å². The van der Waals surface area contributed by atoms with E-state index in [1.807, 2.05) is 0 Å². The normalized spacial score (nSPS) is 51.5. The molecule has 0 saturated carbocycles. The van der Waals surface area contributed by atoms with Gasteiger partial charge in [-0.05, 0) is 0 Å². The highest BCUT2D eigenvalue weighted by atomic mass is 16.7. The van der Waals surface area contributed by atoms with Crippen molar-refractivity contribution in [3.63, 3.8) is 0 Å². The van der Waals surface area contributed by atoms with Crippen molar-refractivity contribution in [3.8, 4) is 0 Å². The van der Waals surface area contributed by atoms with Gasteiger partial charge in [-0.15, -0.1) is 0 Å². The number of rotatable bonds is 7. The summed E-state index contributed by atoms with van der Waals surface area (Å²) in [6.07, 6.45) is -20.9. The van der Waals surface area contributed by atoms with E-state index in [1.165, 1.54) is 0 Å². The van der Waals surface area contributed by atoms with Gasteiger partial charge in [0.2, 0.25) is 0 Å². The first-order valence-electron chi connectivity index (χ1n) is 10.5. The van der Waals surface area contributed by atoms with Crippen molar-refractivity contribution in [3.05, 3.63) is 0 Å². The number of hydrogen-bond acceptors (Lipinski definition) is 15. The Morgan fingerprint density at radius 2 is 1.09 bits per heavy atom. The Labute approximate surface area is 187 Å². The molecule has 0 aliphatic carbocycles. The van der Waals surface area contributed by atoms with Gasteiger partial charge in [-0.25, -0.2) is 0 Å². The van der Waals surface area contributed by atoms with E-state index >= 15 is 0 Å². The van der Waals surface area contributed by atoms with Crippen LogP contribution in [-0.4, -0.2) is 157 Å². The molecule has 14 atom stereocenters. The number of aliphatic hydroxyl groups excluding tert-OH is 10. The molecule has 0 amide bonds. The van der Waals surface area contributed by atoms with Crippen molar-refractivity contribution in [1.29, 1.82) is 0 Å². The minimum Gasteiger partial charge on any atom is -0.394 e. The van der Waals surface area contributed by atoms with E-state index < -0.39 is 99.2 Å². The molecule has 3 aliphatic heterocycles. The van der Waals surface area contributed by atoms with Gasteiger partial charge in [0.1, 0.15) is 54.9 Å². The predicted molar refractivity (Wildman–Crippen MR) is 99.9 cm³/mol. The van der Waals surface area contributed by atoms with Crippen molar-refractivity contribution in [1.82, 2.24) is 0 Å². The van der Waals surface area contributed by atoms with Crippen LogP contribution >= 0.6 is 0 Å². The highest BCUT2D eigenvalue weighted by molar-refractivity contribution is 4.92. The second-order valence-electron chi connectivity index (χ2n) is 8.32. The van der Waals surface area contributed by atoms with Crippen LogP contribution in [0.1, 0.15) is 6.42 Å². The van der Waals surface area contributed by atoms with Gasteiger partial charge < -0.3 is 74.7 Å². The summed E-state index contributed by atoms with van der Waals surface area (Å²) in [5.41, 5.74) is 0. The molecule has 10 N–H and O–H groups in total. The Bertz CT molecular complexity index is 597. The predicted octanol–water partition coefficient (Wildman–Crippen LogP) is -6.54. The van der Waals surface area contributed by atoms with Crippen molar-refractivity contribution < 1.29 is 74.7 Å². The molecule has 194 valence electrons. The van der Waals surface area contributed by atoms with E-state index in [4.69, 9.17) is 23.7 Å². The summed E-state index contributed by atoms with van der Waals surface area (Å²) in [6, 6.07) is 0. The minimum absolute atomic E-state index is 0.0874. The van der Waals surface area contributed by atoms with Crippen LogP contribution < -0.4 is 0 Å². The third kappa shape index (κ3) is 5.97. The molecule has 0 aromatic rings. The van der Waals surface area contributed by atoms with Crippen LogP contribution in [0.15, 0.2) is 0 Å². The molecule has 0 radical (unpaired) electrons. The summed E-state index contributed by atoms with van der Waals surface area (Å²) in [6.45, 7) is -1.50. The number of aliphatic hydroxyl groups is 10. The second-order valence-corrected chi connectivity index (χ2v) is 8.32. The summed E-state index contributed by atoms with van der Waals surface area (Å²) >= 11 is 0. The van der Waals surface area contributed by atoms with Crippen molar-refractivity contribution in [2.75, 3.05) is 19.8 Å². The molecule has 15 heteroatoms. The minimum atomic E-state index is -1.72. The quantitative estimate of drug-likeness (QED) is 0.160. The number of ether oxygens (including phenoxy) is 5. The van der Waals surface area contributed by atoms with Crippen LogP contribution in [0.5, 0.6) is 0 Å². The van der Waals surface area contributed by atoms with Gasteiger partial charge in [0, 0.05) is 6.42 Å². The van der Waals surface area contributed by atoms with Gasteiger partial charge in [-0.1, -0.05) is 0 Å². The van der Waals surface area contributed by atoms with Gasteiger partial charge in [0.25, 0.3) is 0 Å². The molecule has 0 aromatic heterocycles. The molecule has 3 rings (SSSR count). The van der Waals surface area contributed by atoms with Gasteiger partial charge in [-0.3, -0.25) is 0 Å². The van der Waals surface area contributed by atoms with E-state index in [0.717, 1.165) is 0 Å². The Kier molecular flexibility index (Phi) is 9.35. The molecule has 15 nitrogen and oxygen atoms in total. The summed E-state index contributed by atoms with van der Waals surface area (Å²) in [5.74, 6) is 0. The van der Waals surface area contributed by atoms with Crippen LogP contribution in [0.3, 0.4) is 0 Å². The zero-order valence-corrected chi connectivity index (χ0v) is 17.4. The maximum absolute atomic E-state index is 10.2. The zero-order chi connectivity index (χ0) is 24.4. The summed E-state index contributed by atoms with van der Waals surface area (Å²) in [5, 5.41) is 98.1. The lowest BCUT2D eigenvalue weighted by atomic mass is 9.98. The average molecular weight is 488 g/mol. The van der Waals surface area contributed by atoms with E-state index in [0.29, 0.717) is 0 Å². The Morgan fingerprint density at radius 3 is 1.64 bits per heavy atom. The molecule has 3 saturated heterocycles. The van der Waals surface area contributed by atoms with Crippen LogP contribution in [-0.2, 0) is 23.7 Å². The lowest BCUT2D eigenvalue weighted by Crippen LogP contribution is -2.62. The molecule has 3 heterocycles. The van der Waals surface area contributed by atoms with Crippen molar-refractivity contribution in [2.24, 2.45) is 0 Å². The van der Waals surface area contributed by atoms with Gasteiger partial charge >= 0.3 is 0 Å². The molecule has 0 unspecified atom stereocenters. The van der Waals surface area contributed by atoms with Crippen molar-refractivity contribution in [2.45, 2.75) is 92.4 Å². The fraction of sp³-hybridized carbons (Fsp3) is 1.00. The second kappa shape index (κ2) is 11.4. The largest absolute Gasteiger partial charge is 0.394 e. The molecular formula is C18H32O15. The molecule has 0 bridgehead atoms. The smallest absolute Gasteiger partial charge is 0.186 e. The first kappa shape index (κ1) is 27.0. The van der Waals surface area contributed by atoms with E-state index in [2.05, 4.69) is 0 Å². The highest BCUT2D eigenvalue weighted by Crippen LogP contribution is 2.27. The molecule has 0 aromatic carbocycles. The molecular weight excluding hydrogens is 456 g/mol. The third-order valence-electron chi connectivity index (χ3n) is 5.91. The first-order chi connectivity index (χ1) is 15.5. The SMILES string of the molecule is OC[C@H]1O[C@@H](OC[C@H]2O[C@@H](OC[C@@H]3C[C@H](O)[C@@H](O)[C@H](O)O3)[C@H](O)[C@@H](O)[C@H]2O)[C@H](O)[C@@H](O)[C@@H]1O. The van der Waals surface area contributed by atoms with E-state index in [1.54, 1.807) is 0 Å². The Morgan fingerprint density at radius 1 is 0.576 bits per heavy atom. The summed E-state index contributed by atoms with van der Waals surface area (Å²) < 4.78 is 26.4. The Hall–Kier alpha value is -0.600. The maximum atomic E-state index is 10.2. The summed E-state index contributed by atoms with van der Waals surface area (Å²) in [4.78, 5) is 0. The van der Waals surface area contributed by atoms with E-state index in [-0.39, 0.29) is 13.0 Å². The molecule has 3 fully saturated rings. The monoisotopic (exact) mass is 488 g/mol. The fourth-order valence-electron chi connectivity index (χ4n) is 3.83. The van der Waals surface area contributed by atoms with Crippen LogP contribution in [0, 0.1) is 0 Å². The first-order valence-corrected chi connectivity index (χ1v) is 10.5. The van der Waals surface area contributed by atoms with Crippen LogP contribution in [0.25, 0.3) is 0 Å². The lowest BCUT2D eigenvalue weighted by molar-refractivity contribution is -0.336.